The molecule has 1 aromatic rings. The second-order valence-electron chi connectivity index (χ2n) is 5.35. The first-order valence-electron chi connectivity index (χ1n) is 7.42. The van der Waals surface area contributed by atoms with E-state index in [0.717, 1.165) is 25.8 Å². The van der Waals surface area contributed by atoms with Gasteiger partial charge in [-0.1, -0.05) is 26.7 Å². The van der Waals surface area contributed by atoms with Gasteiger partial charge >= 0.3 is 0 Å². The summed E-state index contributed by atoms with van der Waals surface area (Å²) in [6, 6.07) is 0. The molecule has 1 aromatic heterocycles. The van der Waals surface area contributed by atoms with E-state index < -0.39 is 0 Å². The minimum Gasteiger partial charge on any atom is -0.379 e. The SMILES string of the molecule is CCNC1(c2nc(CC)c(C)s2)CCCCC1OC. The highest BCUT2D eigenvalue weighted by Gasteiger charge is 2.44. The zero-order valence-electron chi connectivity index (χ0n) is 12.6. The van der Waals surface area contributed by atoms with Crippen LogP contribution >= 0.6 is 11.3 Å². The van der Waals surface area contributed by atoms with E-state index in [9.17, 15) is 0 Å². The number of methoxy groups -OCH3 is 1. The van der Waals surface area contributed by atoms with Crippen LogP contribution in [0.1, 0.15) is 55.1 Å². The lowest BCUT2D eigenvalue weighted by molar-refractivity contribution is -0.0148. The fraction of sp³-hybridized carbons (Fsp3) is 0.800. The Morgan fingerprint density at radius 3 is 2.79 bits per heavy atom. The normalized spacial score (nSPS) is 27.7. The zero-order chi connectivity index (χ0) is 13.9. The summed E-state index contributed by atoms with van der Waals surface area (Å²) in [7, 11) is 1.84. The minimum atomic E-state index is -0.0649. The summed E-state index contributed by atoms with van der Waals surface area (Å²) in [6.07, 6.45) is 6.04. The number of aromatic nitrogens is 1. The fourth-order valence-corrected chi connectivity index (χ4v) is 4.49. The largest absolute Gasteiger partial charge is 0.379 e. The molecule has 1 aliphatic rings. The number of nitrogens with zero attached hydrogens (tertiary/aromatic N) is 1. The van der Waals surface area contributed by atoms with Crippen molar-refractivity contribution in [3.63, 3.8) is 0 Å². The monoisotopic (exact) mass is 282 g/mol. The molecule has 0 radical (unpaired) electrons. The Morgan fingerprint density at radius 1 is 1.42 bits per heavy atom. The number of nitrogens with one attached hydrogen (secondary N) is 1. The van der Waals surface area contributed by atoms with E-state index in [1.54, 1.807) is 0 Å². The molecule has 2 rings (SSSR count). The summed E-state index contributed by atoms with van der Waals surface area (Å²) >= 11 is 1.85. The van der Waals surface area contributed by atoms with Gasteiger partial charge in [0.1, 0.15) is 5.01 Å². The van der Waals surface area contributed by atoms with Crippen LogP contribution in [0.4, 0.5) is 0 Å². The van der Waals surface area contributed by atoms with Crippen molar-refractivity contribution in [2.75, 3.05) is 13.7 Å². The van der Waals surface area contributed by atoms with Crippen LogP contribution in [0.5, 0.6) is 0 Å². The van der Waals surface area contributed by atoms with Crippen LogP contribution in [0, 0.1) is 6.92 Å². The van der Waals surface area contributed by atoms with Crippen molar-refractivity contribution in [1.82, 2.24) is 10.3 Å². The second-order valence-corrected chi connectivity index (χ2v) is 6.55. The molecule has 1 saturated carbocycles. The van der Waals surface area contributed by atoms with Gasteiger partial charge in [-0.2, -0.15) is 0 Å². The molecular weight excluding hydrogens is 256 g/mol. The van der Waals surface area contributed by atoms with Crippen LogP contribution in [-0.2, 0) is 16.7 Å². The number of hydrogen-bond donors (Lipinski definition) is 1. The van der Waals surface area contributed by atoms with Crippen LogP contribution in [-0.4, -0.2) is 24.7 Å². The molecule has 1 fully saturated rings. The highest BCUT2D eigenvalue weighted by molar-refractivity contribution is 7.11. The van der Waals surface area contributed by atoms with Gasteiger partial charge in [0, 0.05) is 12.0 Å². The molecule has 4 heteroatoms. The fourth-order valence-electron chi connectivity index (χ4n) is 3.24. The summed E-state index contributed by atoms with van der Waals surface area (Å²) in [5.41, 5.74) is 1.18. The van der Waals surface area contributed by atoms with E-state index in [1.807, 2.05) is 18.4 Å². The van der Waals surface area contributed by atoms with Crippen molar-refractivity contribution >= 4 is 11.3 Å². The van der Waals surface area contributed by atoms with E-state index >= 15 is 0 Å². The van der Waals surface area contributed by atoms with Crippen LogP contribution in [0.15, 0.2) is 0 Å². The van der Waals surface area contributed by atoms with E-state index in [-0.39, 0.29) is 11.6 Å². The molecule has 0 spiro atoms. The van der Waals surface area contributed by atoms with Crippen molar-refractivity contribution < 1.29 is 4.74 Å². The molecule has 1 aliphatic carbocycles. The van der Waals surface area contributed by atoms with Gasteiger partial charge in [0.2, 0.25) is 0 Å². The Morgan fingerprint density at radius 2 is 2.21 bits per heavy atom. The highest BCUT2D eigenvalue weighted by Crippen LogP contribution is 2.41. The lowest BCUT2D eigenvalue weighted by atomic mass is 9.79. The van der Waals surface area contributed by atoms with Gasteiger partial charge in [-0.25, -0.2) is 4.98 Å². The average molecular weight is 282 g/mol. The smallest absolute Gasteiger partial charge is 0.116 e. The molecule has 1 heterocycles. The van der Waals surface area contributed by atoms with Crippen LogP contribution in [0.2, 0.25) is 0 Å². The molecule has 0 bridgehead atoms. The number of ether oxygens (including phenoxy) is 1. The Balaban J connectivity index is 2.41. The number of aryl methyl sites for hydroxylation is 2. The first-order chi connectivity index (χ1) is 9.17. The molecule has 0 aromatic carbocycles. The first-order valence-corrected chi connectivity index (χ1v) is 8.24. The second kappa shape index (κ2) is 6.33. The van der Waals surface area contributed by atoms with E-state index in [0.29, 0.717) is 0 Å². The Labute approximate surface area is 120 Å². The van der Waals surface area contributed by atoms with Crippen molar-refractivity contribution in [2.24, 2.45) is 0 Å². The molecule has 0 aliphatic heterocycles. The molecule has 2 unspecified atom stereocenters. The number of likely N-dealkylation sites (N-methyl/N-ethyl adjacent to an activating group) is 1. The van der Waals surface area contributed by atoms with Gasteiger partial charge in [-0.3, -0.25) is 0 Å². The number of thiazole rings is 1. The van der Waals surface area contributed by atoms with Crippen LogP contribution in [0.3, 0.4) is 0 Å². The summed E-state index contributed by atoms with van der Waals surface area (Å²) in [4.78, 5) is 6.27. The number of hydrogen-bond acceptors (Lipinski definition) is 4. The van der Waals surface area contributed by atoms with Crippen molar-refractivity contribution in [1.29, 1.82) is 0 Å². The highest BCUT2D eigenvalue weighted by atomic mass is 32.1. The maximum absolute atomic E-state index is 5.80. The summed E-state index contributed by atoms with van der Waals surface area (Å²) < 4.78 is 5.80. The summed E-state index contributed by atoms with van der Waals surface area (Å²) in [5, 5.41) is 4.93. The quantitative estimate of drug-likeness (QED) is 0.898. The topological polar surface area (TPSA) is 34.2 Å². The van der Waals surface area contributed by atoms with Crippen molar-refractivity contribution in [2.45, 2.75) is 64.5 Å². The molecule has 2 atom stereocenters. The maximum Gasteiger partial charge on any atom is 0.116 e. The molecule has 19 heavy (non-hydrogen) atoms. The molecule has 108 valence electrons. The standard InChI is InChI=1S/C15H26N2OS/c1-5-12-11(3)19-14(17-12)15(16-6-2)10-8-7-9-13(15)18-4/h13,16H,5-10H2,1-4H3. The van der Waals surface area contributed by atoms with Gasteiger partial charge in [-0.05, 0) is 32.7 Å². The lowest BCUT2D eigenvalue weighted by Crippen LogP contribution is -2.54. The van der Waals surface area contributed by atoms with E-state index in [1.165, 1.54) is 28.4 Å². The predicted octanol–water partition coefficient (Wildman–Crippen LogP) is 3.41. The molecule has 0 saturated heterocycles. The van der Waals surface area contributed by atoms with Crippen molar-refractivity contribution in [3.8, 4) is 0 Å². The third kappa shape index (κ3) is 2.71. The average Bonchev–Trinajstić information content (AvgIpc) is 2.81. The van der Waals surface area contributed by atoms with E-state index in [4.69, 9.17) is 9.72 Å². The summed E-state index contributed by atoms with van der Waals surface area (Å²) in [6.45, 7) is 7.49. The molecule has 3 nitrogen and oxygen atoms in total. The Hall–Kier alpha value is -0.450. The Bertz CT molecular complexity index is 414. The minimum absolute atomic E-state index is 0.0649. The predicted molar refractivity (Wildman–Crippen MR) is 80.8 cm³/mol. The van der Waals surface area contributed by atoms with Crippen molar-refractivity contribution in [3.05, 3.63) is 15.6 Å². The van der Waals surface area contributed by atoms with Gasteiger partial charge < -0.3 is 10.1 Å². The molecule has 0 amide bonds. The third-order valence-electron chi connectivity index (χ3n) is 4.22. The number of rotatable bonds is 5. The molecule has 1 N–H and O–H groups in total. The van der Waals surface area contributed by atoms with Gasteiger partial charge in [0.15, 0.2) is 0 Å². The zero-order valence-corrected chi connectivity index (χ0v) is 13.4. The third-order valence-corrected chi connectivity index (χ3v) is 5.41. The van der Waals surface area contributed by atoms with Gasteiger partial charge in [0.25, 0.3) is 0 Å². The molecular formula is C15H26N2OS. The maximum atomic E-state index is 5.80. The first kappa shape index (κ1) is 14.9. The van der Waals surface area contributed by atoms with E-state index in [2.05, 4.69) is 26.1 Å². The van der Waals surface area contributed by atoms with Gasteiger partial charge in [-0.15, -0.1) is 11.3 Å². The van der Waals surface area contributed by atoms with Crippen LogP contribution in [0.25, 0.3) is 0 Å². The summed E-state index contributed by atoms with van der Waals surface area (Å²) in [5.74, 6) is 0. The van der Waals surface area contributed by atoms with Crippen LogP contribution < -0.4 is 5.32 Å². The Kier molecular flexibility index (Phi) is 4.98. The lowest BCUT2D eigenvalue weighted by Gasteiger charge is -2.42. The van der Waals surface area contributed by atoms with Gasteiger partial charge in [0.05, 0.1) is 17.3 Å².